The molecule has 7 heteroatoms. The number of carbonyl (C=O) groups is 1. The first-order chi connectivity index (χ1) is 10.8. The normalized spacial score (nSPS) is 10.9. The first-order valence-electron chi connectivity index (χ1n) is 6.35. The van der Waals surface area contributed by atoms with E-state index < -0.39 is 23.3 Å². The summed E-state index contributed by atoms with van der Waals surface area (Å²) in [7, 11) is 1.39. The van der Waals surface area contributed by atoms with Crippen molar-refractivity contribution in [1.29, 1.82) is 0 Å². The van der Waals surface area contributed by atoms with E-state index in [9.17, 15) is 18.0 Å². The van der Waals surface area contributed by atoms with Crippen molar-refractivity contribution in [2.75, 3.05) is 7.11 Å². The van der Waals surface area contributed by atoms with Crippen molar-refractivity contribution in [2.45, 2.75) is 6.18 Å². The van der Waals surface area contributed by atoms with Gasteiger partial charge in [-0.1, -0.05) is 18.2 Å². The maximum Gasteiger partial charge on any atom is 0.407 e. The lowest BCUT2D eigenvalue weighted by molar-refractivity contribution is -0.136. The van der Waals surface area contributed by atoms with Crippen LogP contribution in [0.2, 0.25) is 0 Å². The van der Waals surface area contributed by atoms with Crippen LogP contribution >= 0.6 is 0 Å². The Balaban J connectivity index is 2.68. The second-order valence-corrected chi connectivity index (χ2v) is 4.62. The van der Waals surface area contributed by atoms with E-state index in [0.717, 1.165) is 12.1 Å². The summed E-state index contributed by atoms with van der Waals surface area (Å²) in [6.45, 7) is 6.84. The van der Waals surface area contributed by atoms with Gasteiger partial charge in [0.25, 0.3) is 0 Å². The number of amides is 1. The lowest BCUT2D eigenvalue weighted by Crippen LogP contribution is -2.13. The molecule has 0 aliphatic rings. The number of hydrogen-bond donors (Lipinski definition) is 1. The standard InChI is InChI=1S/C16H11F3N2O2/c1-21-14-6-3-9(7-13(14)16(17,18)19)11-5-4-10(23-2)8-12(11)15(20)22/h3-8H,2H3,(H2,20,22). The summed E-state index contributed by atoms with van der Waals surface area (Å²) in [4.78, 5) is 14.4. The highest BCUT2D eigenvalue weighted by Gasteiger charge is 2.33. The second kappa shape index (κ2) is 6.01. The number of hydrogen-bond acceptors (Lipinski definition) is 2. The number of rotatable bonds is 3. The molecule has 0 unspecified atom stereocenters. The fraction of sp³-hybridized carbons (Fsp3) is 0.125. The molecule has 0 saturated heterocycles. The maximum absolute atomic E-state index is 13.1. The minimum absolute atomic E-state index is 0.0352. The third-order valence-corrected chi connectivity index (χ3v) is 3.23. The van der Waals surface area contributed by atoms with Gasteiger partial charge in [-0.3, -0.25) is 4.79 Å². The van der Waals surface area contributed by atoms with Gasteiger partial charge in [0.05, 0.1) is 24.8 Å². The maximum atomic E-state index is 13.1. The lowest BCUT2D eigenvalue weighted by atomic mass is 9.96. The molecule has 0 radical (unpaired) electrons. The number of alkyl halides is 3. The highest BCUT2D eigenvalue weighted by molar-refractivity contribution is 6.00. The van der Waals surface area contributed by atoms with Gasteiger partial charge in [0.2, 0.25) is 5.91 Å². The second-order valence-electron chi connectivity index (χ2n) is 4.62. The average molecular weight is 320 g/mol. The quantitative estimate of drug-likeness (QED) is 0.868. The minimum atomic E-state index is -4.67. The third kappa shape index (κ3) is 3.26. The molecule has 0 fully saturated rings. The average Bonchev–Trinajstić information content (AvgIpc) is 2.52. The van der Waals surface area contributed by atoms with Crippen molar-refractivity contribution < 1.29 is 22.7 Å². The van der Waals surface area contributed by atoms with E-state index in [1.54, 1.807) is 0 Å². The molecule has 0 atom stereocenters. The molecule has 23 heavy (non-hydrogen) atoms. The van der Waals surface area contributed by atoms with Gasteiger partial charge in [-0.15, -0.1) is 0 Å². The largest absolute Gasteiger partial charge is 0.497 e. The minimum Gasteiger partial charge on any atom is -0.497 e. The Kier molecular flexibility index (Phi) is 4.27. The van der Waals surface area contributed by atoms with Crippen LogP contribution in [0.5, 0.6) is 5.75 Å². The van der Waals surface area contributed by atoms with Crippen molar-refractivity contribution in [2.24, 2.45) is 5.73 Å². The number of carbonyl (C=O) groups excluding carboxylic acids is 1. The molecule has 0 aromatic heterocycles. The molecule has 0 aliphatic carbocycles. The van der Waals surface area contributed by atoms with Gasteiger partial charge in [-0.05, 0) is 29.3 Å². The zero-order valence-electron chi connectivity index (χ0n) is 11.9. The van der Waals surface area contributed by atoms with Gasteiger partial charge in [0, 0.05) is 0 Å². The van der Waals surface area contributed by atoms with Crippen LogP contribution in [-0.2, 0) is 6.18 Å². The predicted octanol–water partition coefficient (Wildman–Crippen LogP) is 4.03. The number of halogens is 3. The summed E-state index contributed by atoms with van der Waals surface area (Å²) >= 11 is 0. The first kappa shape index (κ1) is 16.4. The Hall–Kier alpha value is -3.01. The summed E-state index contributed by atoms with van der Waals surface area (Å²) in [5.41, 5.74) is 4.14. The van der Waals surface area contributed by atoms with Crippen LogP contribution in [-0.4, -0.2) is 13.0 Å². The molecule has 0 aliphatic heterocycles. The van der Waals surface area contributed by atoms with Gasteiger partial charge in [0.1, 0.15) is 5.75 Å². The summed E-state index contributed by atoms with van der Waals surface area (Å²) in [6.07, 6.45) is -4.67. The molecule has 0 spiro atoms. The van der Waals surface area contributed by atoms with Gasteiger partial charge in [-0.2, -0.15) is 13.2 Å². The zero-order chi connectivity index (χ0) is 17.2. The summed E-state index contributed by atoms with van der Waals surface area (Å²) in [5.74, 6) is -0.432. The molecule has 1 amide bonds. The van der Waals surface area contributed by atoms with Crippen LogP contribution in [0, 0.1) is 6.57 Å². The molecule has 0 heterocycles. The number of methoxy groups -OCH3 is 1. The third-order valence-electron chi connectivity index (χ3n) is 3.23. The summed E-state index contributed by atoms with van der Waals surface area (Å²) in [6, 6.07) is 7.57. The topological polar surface area (TPSA) is 56.7 Å². The lowest BCUT2D eigenvalue weighted by Gasteiger charge is -2.13. The first-order valence-corrected chi connectivity index (χ1v) is 6.35. The SMILES string of the molecule is [C-]#[N+]c1ccc(-c2ccc(OC)cc2C(N)=O)cc1C(F)(F)F. The van der Waals surface area contributed by atoms with Crippen LogP contribution in [0.25, 0.3) is 16.0 Å². The molecule has 4 nitrogen and oxygen atoms in total. The van der Waals surface area contributed by atoms with Crippen molar-refractivity contribution in [3.8, 4) is 16.9 Å². The van der Waals surface area contributed by atoms with Gasteiger partial charge in [-0.25, -0.2) is 4.85 Å². The number of primary amides is 1. The molecular weight excluding hydrogens is 309 g/mol. The number of nitrogens with zero attached hydrogens (tertiary/aromatic N) is 1. The van der Waals surface area contributed by atoms with Gasteiger partial charge < -0.3 is 10.5 Å². The van der Waals surface area contributed by atoms with Crippen LogP contribution in [0.1, 0.15) is 15.9 Å². The van der Waals surface area contributed by atoms with E-state index >= 15 is 0 Å². The Morgan fingerprint density at radius 2 is 1.91 bits per heavy atom. The fourth-order valence-corrected chi connectivity index (χ4v) is 2.13. The Bertz CT molecular complexity index is 808. The smallest absolute Gasteiger partial charge is 0.407 e. The zero-order valence-corrected chi connectivity index (χ0v) is 11.9. The number of benzene rings is 2. The molecule has 2 aromatic carbocycles. The van der Waals surface area contributed by atoms with Crippen LogP contribution in [0.15, 0.2) is 36.4 Å². The fourth-order valence-electron chi connectivity index (χ4n) is 2.13. The summed E-state index contributed by atoms with van der Waals surface area (Å²) < 4.78 is 44.1. The van der Waals surface area contributed by atoms with Gasteiger partial charge >= 0.3 is 6.18 Å². The van der Waals surface area contributed by atoms with Crippen molar-refractivity contribution >= 4 is 11.6 Å². The van der Waals surface area contributed by atoms with Crippen LogP contribution in [0.4, 0.5) is 18.9 Å². The molecule has 2 rings (SSSR count). The van der Waals surface area contributed by atoms with E-state index in [4.69, 9.17) is 17.0 Å². The Morgan fingerprint density at radius 1 is 1.22 bits per heavy atom. The molecule has 0 saturated carbocycles. The predicted molar refractivity (Wildman–Crippen MR) is 78.2 cm³/mol. The molecule has 2 aromatic rings. The molecule has 2 N–H and O–H groups in total. The van der Waals surface area contributed by atoms with Crippen LogP contribution < -0.4 is 10.5 Å². The molecule has 118 valence electrons. The number of ether oxygens (including phenoxy) is 1. The Labute approximate surface area is 130 Å². The van der Waals surface area contributed by atoms with E-state index in [1.165, 1.54) is 31.4 Å². The molecular formula is C16H11F3N2O2. The monoisotopic (exact) mass is 320 g/mol. The number of nitrogens with two attached hydrogens (primary N) is 1. The van der Waals surface area contributed by atoms with E-state index in [1.807, 2.05) is 0 Å². The van der Waals surface area contributed by atoms with Crippen LogP contribution in [0.3, 0.4) is 0 Å². The molecule has 0 bridgehead atoms. The van der Waals surface area contributed by atoms with E-state index in [0.29, 0.717) is 5.75 Å². The van der Waals surface area contributed by atoms with E-state index in [2.05, 4.69) is 4.85 Å². The van der Waals surface area contributed by atoms with Crippen molar-refractivity contribution in [3.05, 3.63) is 58.9 Å². The highest BCUT2D eigenvalue weighted by atomic mass is 19.4. The summed E-state index contributed by atoms with van der Waals surface area (Å²) in [5, 5.41) is 0. The van der Waals surface area contributed by atoms with E-state index in [-0.39, 0.29) is 16.7 Å². The van der Waals surface area contributed by atoms with Crippen molar-refractivity contribution in [1.82, 2.24) is 0 Å². The highest BCUT2D eigenvalue weighted by Crippen LogP contribution is 2.39. The van der Waals surface area contributed by atoms with Crippen molar-refractivity contribution in [3.63, 3.8) is 0 Å². The van der Waals surface area contributed by atoms with Gasteiger partial charge in [0.15, 0.2) is 5.69 Å². The Morgan fingerprint density at radius 3 is 2.43 bits per heavy atom.